The van der Waals surface area contributed by atoms with Crippen LogP contribution in [0, 0.1) is 6.92 Å². The second-order valence-electron chi connectivity index (χ2n) is 4.25. The molecule has 94 valence electrons. The van der Waals surface area contributed by atoms with Crippen molar-refractivity contribution in [1.82, 2.24) is 0 Å². The fourth-order valence-electron chi connectivity index (χ4n) is 1.70. The molecule has 2 atom stereocenters. The minimum Gasteiger partial charge on any atom is -0.387 e. The van der Waals surface area contributed by atoms with Crippen LogP contribution in [0.4, 0.5) is 0 Å². The first kappa shape index (κ1) is 13.0. The Labute approximate surface area is 110 Å². The van der Waals surface area contributed by atoms with Crippen molar-refractivity contribution in [3.05, 3.63) is 65.7 Å². The van der Waals surface area contributed by atoms with Crippen molar-refractivity contribution in [2.24, 2.45) is 0 Å². The van der Waals surface area contributed by atoms with Crippen LogP contribution in [0.25, 0.3) is 0 Å². The number of aliphatic hydroxyl groups is 1. The van der Waals surface area contributed by atoms with Gasteiger partial charge in [-0.05, 0) is 24.6 Å². The van der Waals surface area contributed by atoms with Crippen LogP contribution in [0.5, 0.6) is 0 Å². The van der Waals surface area contributed by atoms with E-state index in [0.717, 1.165) is 16.0 Å². The highest BCUT2D eigenvalue weighted by Gasteiger charge is 2.12. The highest BCUT2D eigenvalue weighted by molar-refractivity contribution is 7.85. The smallest absolute Gasteiger partial charge is 0.0908 e. The third-order valence-corrected chi connectivity index (χ3v) is 4.19. The highest BCUT2D eigenvalue weighted by atomic mass is 32.2. The molecule has 0 aliphatic rings. The van der Waals surface area contributed by atoms with Crippen molar-refractivity contribution in [2.75, 3.05) is 5.75 Å². The molecular formula is C15H16O2S. The van der Waals surface area contributed by atoms with Crippen LogP contribution in [-0.2, 0) is 10.8 Å². The Morgan fingerprint density at radius 2 is 1.67 bits per heavy atom. The summed E-state index contributed by atoms with van der Waals surface area (Å²) in [6.45, 7) is 1.99. The molecule has 0 radical (unpaired) electrons. The van der Waals surface area contributed by atoms with Gasteiger partial charge >= 0.3 is 0 Å². The summed E-state index contributed by atoms with van der Waals surface area (Å²) in [5.41, 5.74) is 1.94. The molecular weight excluding hydrogens is 244 g/mol. The van der Waals surface area contributed by atoms with E-state index in [4.69, 9.17) is 0 Å². The van der Waals surface area contributed by atoms with Gasteiger partial charge in [-0.2, -0.15) is 0 Å². The molecule has 0 heterocycles. The average molecular weight is 260 g/mol. The summed E-state index contributed by atoms with van der Waals surface area (Å²) < 4.78 is 12.1. The van der Waals surface area contributed by atoms with E-state index in [0.29, 0.717) is 0 Å². The van der Waals surface area contributed by atoms with Gasteiger partial charge in [0.25, 0.3) is 0 Å². The summed E-state index contributed by atoms with van der Waals surface area (Å²) in [6, 6.07) is 16.9. The summed E-state index contributed by atoms with van der Waals surface area (Å²) in [6.07, 6.45) is -0.687. The Bertz CT molecular complexity index is 520. The minimum atomic E-state index is -1.17. The van der Waals surface area contributed by atoms with Crippen molar-refractivity contribution in [2.45, 2.75) is 17.9 Å². The summed E-state index contributed by atoms with van der Waals surface area (Å²) in [5.74, 6) is 0.229. The zero-order chi connectivity index (χ0) is 13.0. The largest absolute Gasteiger partial charge is 0.387 e. The van der Waals surface area contributed by atoms with Crippen LogP contribution >= 0.6 is 0 Å². The number of aliphatic hydroxyl groups excluding tert-OH is 1. The van der Waals surface area contributed by atoms with E-state index in [1.807, 2.05) is 61.5 Å². The van der Waals surface area contributed by atoms with E-state index in [9.17, 15) is 9.32 Å². The Hall–Kier alpha value is -1.45. The van der Waals surface area contributed by atoms with E-state index < -0.39 is 16.9 Å². The molecule has 2 rings (SSSR count). The highest BCUT2D eigenvalue weighted by Crippen LogP contribution is 2.17. The maximum absolute atomic E-state index is 12.1. The zero-order valence-corrected chi connectivity index (χ0v) is 11.1. The van der Waals surface area contributed by atoms with Gasteiger partial charge in [-0.1, -0.05) is 48.0 Å². The number of hydrogen-bond acceptors (Lipinski definition) is 2. The van der Waals surface area contributed by atoms with Gasteiger partial charge in [0.15, 0.2) is 0 Å². The predicted molar refractivity (Wildman–Crippen MR) is 73.9 cm³/mol. The van der Waals surface area contributed by atoms with E-state index in [1.165, 1.54) is 0 Å². The molecule has 0 amide bonds. The summed E-state index contributed by atoms with van der Waals surface area (Å²) in [4.78, 5) is 0.760. The molecule has 0 fully saturated rings. The van der Waals surface area contributed by atoms with Gasteiger partial charge in [0.1, 0.15) is 0 Å². The fraction of sp³-hybridized carbons (Fsp3) is 0.200. The van der Waals surface area contributed by atoms with Crippen LogP contribution in [0.15, 0.2) is 59.5 Å². The number of aryl methyl sites for hydroxylation is 1. The van der Waals surface area contributed by atoms with Crippen LogP contribution in [0.3, 0.4) is 0 Å². The molecule has 1 N–H and O–H groups in total. The lowest BCUT2D eigenvalue weighted by Gasteiger charge is -2.10. The van der Waals surface area contributed by atoms with Crippen molar-refractivity contribution >= 4 is 10.8 Å². The predicted octanol–water partition coefficient (Wildman–Crippen LogP) is 2.84. The summed E-state index contributed by atoms with van der Waals surface area (Å²) >= 11 is 0. The second-order valence-corrected chi connectivity index (χ2v) is 5.75. The molecule has 0 spiro atoms. The molecule has 0 aromatic heterocycles. The number of hydrogen-bond donors (Lipinski definition) is 1. The van der Waals surface area contributed by atoms with Crippen molar-refractivity contribution in [3.8, 4) is 0 Å². The van der Waals surface area contributed by atoms with Crippen LogP contribution in [-0.4, -0.2) is 15.1 Å². The van der Waals surface area contributed by atoms with Gasteiger partial charge in [-0.15, -0.1) is 0 Å². The molecule has 2 aromatic rings. The zero-order valence-electron chi connectivity index (χ0n) is 10.2. The third kappa shape index (κ3) is 3.28. The molecule has 0 saturated carbocycles. The lowest BCUT2D eigenvalue weighted by Crippen LogP contribution is -2.09. The van der Waals surface area contributed by atoms with Crippen molar-refractivity contribution in [3.63, 3.8) is 0 Å². The number of rotatable bonds is 4. The Kier molecular flexibility index (Phi) is 4.28. The molecule has 0 aliphatic heterocycles. The molecule has 18 heavy (non-hydrogen) atoms. The topological polar surface area (TPSA) is 37.3 Å². The molecule has 1 unspecified atom stereocenters. The first-order valence-corrected chi connectivity index (χ1v) is 7.17. The van der Waals surface area contributed by atoms with E-state index in [-0.39, 0.29) is 5.75 Å². The first-order valence-electron chi connectivity index (χ1n) is 5.85. The molecule has 0 aliphatic carbocycles. The number of benzene rings is 2. The molecule has 0 saturated heterocycles. The maximum Gasteiger partial charge on any atom is 0.0908 e. The third-order valence-electron chi connectivity index (χ3n) is 2.78. The maximum atomic E-state index is 12.1. The van der Waals surface area contributed by atoms with E-state index >= 15 is 0 Å². The lowest BCUT2D eigenvalue weighted by molar-refractivity contribution is 0.203. The fourth-order valence-corrected chi connectivity index (χ4v) is 2.81. The summed E-state index contributed by atoms with van der Waals surface area (Å²) in [7, 11) is -1.17. The van der Waals surface area contributed by atoms with Gasteiger partial charge in [0, 0.05) is 4.90 Å². The van der Waals surface area contributed by atoms with Gasteiger partial charge in [0.2, 0.25) is 0 Å². The summed E-state index contributed by atoms with van der Waals surface area (Å²) in [5, 5.41) is 10.0. The normalized spacial score (nSPS) is 14.1. The van der Waals surface area contributed by atoms with E-state index in [1.54, 1.807) is 0 Å². The molecule has 2 nitrogen and oxygen atoms in total. The van der Waals surface area contributed by atoms with Crippen LogP contribution in [0.1, 0.15) is 17.2 Å². The first-order chi connectivity index (χ1) is 8.66. The Balaban J connectivity index is 2.06. The van der Waals surface area contributed by atoms with Crippen LogP contribution in [0.2, 0.25) is 0 Å². The Morgan fingerprint density at radius 1 is 1.06 bits per heavy atom. The monoisotopic (exact) mass is 260 g/mol. The SMILES string of the molecule is Cc1ccc(S(=O)C[C@H](O)c2ccccc2)cc1. The van der Waals surface area contributed by atoms with Crippen molar-refractivity contribution in [1.29, 1.82) is 0 Å². The average Bonchev–Trinajstić information content (AvgIpc) is 2.40. The Morgan fingerprint density at radius 3 is 2.28 bits per heavy atom. The second kappa shape index (κ2) is 5.94. The molecule has 0 bridgehead atoms. The van der Waals surface area contributed by atoms with Crippen molar-refractivity contribution < 1.29 is 9.32 Å². The van der Waals surface area contributed by atoms with Gasteiger partial charge in [-0.25, -0.2) is 0 Å². The van der Waals surface area contributed by atoms with Gasteiger partial charge in [-0.3, -0.25) is 4.21 Å². The van der Waals surface area contributed by atoms with Gasteiger partial charge < -0.3 is 5.11 Å². The van der Waals surface area contributed by atoms with E-state index in [2.05, 4.69) is 0 Å². The molecule has 3 heteroatoms. The lowest BCUT2D eigenvalue weighted by atomic mass is 10.1. The quantitative estimate of drug-likeness (QED) is 0.918. The van der Waals surface area contributed by atoms with Gasteiger partial charge in [0.05, 0.1) is 22.7 Å². The standard InChI is InChI=1S/C15H16O2S/c1-12-7-9-14(10-8-12)18(17)11-15(16)13-5-3-2-4-6-13/h2-10,15-16H,11H2,1H3/t15-,18?/m0/s1. The molecule has 2 aromatic carbocycles. The van der Waals surface area contributed by atoms with Crippen LogP contribution < -0.4 is 0 Å². The minimum absolute atomic E-state index is 0.229.